The lowest BCUT2D eigenvalue weighted by molar-refractivity contribution is 0.270. The Balaban J connectivity index is 2.14. The van der Waals surface area contributed by atoms with Gasteiger partial charge in [0, 0.05) is 13.0 Å². The van der Waals surface area contributed by atoms with Gasteiger partial charge in [-0.25, -0.2) is 8.42 Å². The van der Waals surface area contributed by atoms with Crippen molar-refractivity contribution in [1.82, 2.24) is 9.78 Å². The maximum atomic E-state index is 11.3. The zero-order chi connectivity index (χ0) is 11.8. The standard InChI is InChI=1S/C10H16N2O3S/c1-12-9(7-13)6-10(11-12)8-2-4-16(14,15)5-3-8/h6,8,13H,2-5,7H2,1H3. The highest BCUT2D eigenvalue weighted by Gasteiger charge is 2.26. The topological polar surface area (TPSA) is 72.2 Å². The molecular formula is C10H16N2O3S. The number of hydrogen-bond donors (Lipinski definition) is 1. The van der Waals surface area contributed by atoms with Crippen molar-refractivity contribution in [2.45, 2.75) is 25.4 Å². The lowest BCUT2D eigenvalue weighted by Crippen LogP contribution is -2.22. The van der Waals surface area contributed by atoms with Crippen LogP contribution < -0.4 is 0 Å². The first-order chi connectivity index (χ1) is 7.52. The number of aryl methyl sites for hydroxylation is 1. The van der Waals surface area contributed by atoms with Gasteiger partial charge in [-0.05, 0) is 18.9 Å². The molecule has 1 saturated heterocycles. The first-order valence-corrected chi connectivity index (χ1v) is 7.18. The molecule has 1 aliphatic heterocycles. The summed E-state index contributed by atoms with van der Waals surface area (Å²) in [4.78, 5) is 0. The van der Waals surface area contributed by atoms with Crippen molar-refractivity contribution in [1.29, 1.82) is 0 Å². The van der Waals surface area contributed by atoms with Gasteiger partial charge in [-0.15, -0.1) is 0 Å². The van der Waals surface area contributed by atoms with Gasteiger partial charge < -0.3 is 5.11 Å². The molecular weight excluding hydrogens is 228 g/mol. The molecule has 0 bridgehead atoms. The summed E-state index contributed by atoms with van der Waals surface area (Å²) >= 11 is 0. The van der Waals surface area contributed by atoms with Crippen LogP contribution in [0.3, 0.4) is 0 Å². The largest absolute Gasteiger partial charge is 0.390 e. The molecule has 0 radical (unpaired) electrons. The van der Waals surface area contributed by atoms with E-state index in [4.69, 9.17) is 5.11 Å². The number of rotatable bonds is 2. The first kappa shape index (κ1) is 11.6. The second-order valence-corrected chi connectivity index (χ2v) is 6.57. The number of aromatic nitrogens is 2. The smallest absolute Gasteiger partial charge is 0.150 e. The Morgan fingerprint density at radius 2 is 2.12 bits per heavy atom. The monoisotopic (exact) mass is 244 g/mol. The van der Waals surface area contributed by atoms with Crippen LogP contribution in [-0.4, -0.2) is 34.8 Å². The number of aliphatic hydroxyl groups is 1. The highest BCUT2D eigenvalue weighted by molar-refractivity contribution is 7.91. The Morgan fingerprint density at radius 3 is 2.62 bits per heavy atom. The molecule has 0 unspecified atom stereocenters. The minimum atomic E-state index is -2.82. The summed E-state index contributed by atoms with van der Waals surface area (Å²) in [5.74, 6) is 0.723. The van der Waals surface area contributed by atoms with Gasteiger partial charge in [0.2, 0.25) is 0 Å². The predicted molar refractivity (Wildman–Crippen MR) is 59.8 cm³/mol. The summed E-state index contributed by atoms with van der Waals surface area (Å²) in [6, 6.07) is 1.86. The van der Waals surface area contributed by atoms with Crippen LogP contribution in [0.25, 0.3) is 0 Å². The summed E-state index contributed by atoms with van der Waals surface area (Å²) in [6.45, 7) is -0.0332. The number of hydrogen-bond acceptors (Lipinski definition) is 4. The van der Waals surface area contributed by atoms with Crippen LogP contribution in [0.2, 0.25) is 0 Å². The molecule has 0 amide bonds. The molecule has 2 heterocycles. The van der Waals surface area contributed by atoms with Crippen LogP contribution in [-0.2, 0) is 23.5 Å². The van der Waals surface area contributed by atoms with Crippen LogP contribution in [0, 0.1) is 0 Å². The van der Waals surface area contributed by atoms with E-state index in [0.717, 1.165) is 11.4 Å². The highest BCUT2D eigenvalue weighted by atomic mass is 32.2. The van der Waals surface area contributed by atoms with Gasteiger partial charge in [0.15, 0.2) is 0 Å². The van der Waals surface area contributed by atoms with Crippen molar-refractivity contribution in [3.05, 3.63) is 17.5 Å². The van der Waals surface area contributed by atoms with Crippen LogP contribution in [0.1, 0.15) is 30.1 Å². The maximum absolute atomic E-state index is 11.3. The van der Waals surface area contributed by atoms with Crippen LogP contribution in [0.5, 0.6) is 0 Å². The summed E-state index contributed by atoms with van der Waals surface area (Å²) in [6.07, 6.45) is 1.29. The van der Waals surface area contributed by atoms with Crippen LogP contribution in [0.15, 0.2) is 6.07 Å². The van der Waals surface area contributed by atoms with E-state index in [1.54, 1.807) is 11.7 Å². The zero-order valence-electron chi connectivity index (χ0n) is 9.26. The molecule has 6 heteroatoms. The molecule has 1 aromatic rings. The summed E-state index contributed by atoms with van der Waals surface area (Å²) in [5, 5.41) is 13.4. The number of nitrogens with zero attached hydrogens (tertiary/aromatic N) is 2. The lowest BCUT2D eigenvalue weighted by atomic mass is 9.99. The Bertz CT molecular complexity index is 464. The summed E-state index contributed by atoms with van der Waals surface area (Å²) in [7, 11) is -1.03. The van der Waals surface area contributed by atoms with E-state index >= 15 is 0 Å². The molecule has 2 rings (SSSR count). The van der Waals surface area contributed by atoms with E-state index < -0.39 is 9.84 Å². The third-order valence-electron chi connectivity index (χ3n) is 3.13. The van der Waals surface area contributed by atoms with Gasteiger partial charge in [-0.2, -0.15) is 5.10 Å². The average Bonchev–Trinajstić information content (AvgIpc) is 2.59. The Kier molecular flexibility index (Phi) is 3.03. The number of aliphatic hydroxyl groups excluding tert-OH is 1. The highest BCUT2D eigenvalue weighted by Crippen LogP contribution is 2.28. The van der Waals surface area contributed by atoms with Crippen molar-refractivity contribution in [3.63, 3.8) is 0 Å². The minimum Gasteiger partial charge on any atom is -0.390 e. The SMILES string of the molecule is Cn1nc(C2CCS(=O)(=O)CC2)cc1CO. The molecule has 1 fully saturated rings. The molecule has 1 aliphatic rings. The zero-order valence-corrected chi connectivity index (χ0v) is 10.1. The van der Waals surface area contributed by atoms with Crippen molar-refractivity contribution >= 4 is 9.84 Å². The van der Waals surface area contributed by atoms with E-state index in [9.17, 15) is 8.42 Å². The van der Waals surface area contributed by atoms with Gasteiger partial charge >= 0.3 is 0 Å². The molecule has 5 nitrogen and oxygen atoms in total. The fourth-order valence-corrected chi connectivity index (χ4v) is 3.56. The van der Waals surface area contributed by atoms with Crippen LogP contribution in [0.4, 0.5) is 0 Å². The van der Waals surface area contributed by atoms with Crippen LogP contribution >= 0.6 is 0 Å². The molecule has 1 aromatic heterocycles. The number of sulfone groups is 1. The van der Waals surface area contributed by atoms with Gasteiger partial charge in [0.1, 0.15) is 9.84 Å². The Morgan fingerprint density at radius 1 is 1.50 bits per heavy atom. The van der Waals surface area contributed by atoms with E-state index in [0.29, 0.717) is 12.8 Å². The van der Waals surface area contributed by atoms with E-state index in [-0.39, 0.29) is 24.0 Å². The minimum absolute atomic E-state index is 0.0332. The molecule has 0 atom stereocenters. The molecule has 0 aliphatic carbocycles. The van der Waals surface area contributed by atoms with Gasteiger partial charge in [-0.3, -0.25) is 4.68 Å². The van der Waals surface area contributed by atoms with Gasteiger partial charge in [-0.1, -0.05) is 0 Å². The molecule has 0 saturated carbocycles. The van der Waals surface area contributed by atoms with Crippen molar-refractivity contribution in [2.75, 3.05) is 11.5 Å². The fourth-order valence-electron chi connectivity index (χ4n) is 2.06. The predicted octanol–water partition coefficient (Wildman–Crippen LogP) is 0.205. The van der Waals surface area contributed by atoms with Crippen molar-refractivity contribution in [3.8, 4) is 0 Å². The van der Waals surface area contributed by atoms with Crippen molar-refractivity contribution in [2.24, 2.45) is 7.05 Å². The quantitative estimate of drug-likeness (QED) is 0.807. The maximum Gasteiger partial charge on any atom is 0.150 e. The third kappa shape index (κ3) is 2.27. The van der Waals surface area contributed by atoms with E-state index in [1.165, 1.54) is 0 Å². The molecule has 16 heavy (non-hydrogen) atoms. The Labute approximate surface area is 95.0 Å². The van der Waals surface area contributed by atoms with E-state index in [1.807, 2.05) is 6.07 Å². The summed E-state index contributed by atoms with van der Waals surface area (Å²) in [5.41, 5.74) is 1.67. The van der Waals surface area contributed by atoms with E-state index in [2.05, 4.69) is 5.10 Å². The molecule has 0 aromatic carbocycles. The second-order valence-electron chi connectivity index (χ2n) is 4.27. The molecule has 0 spiro atoms. The lowest BCUT2D eigenvalue weighted by Gasteiger charge is -2.19. The van der Waals surface area contributed by atoms with Crippen molar-refractivity contribution < 1.29 is 13.5 Å². The van der Waals surface area contributed by atoms with Gasteiger partial charge in [0.05, 0.1) is 29.5 Å². The second kappa shape index (κ2) is 4.18. The normalized spacial score (nSPS) is 21.1. The molecule has 90 valence electrons. The van der Waals surface area contributed by atoms with Gasteiger partial charge in [0.25, 0.3) is 0 Å². The Hall–Kier alpha value is -0.880. The summed E-state index contributed by atoms with van der Waals surface area (Å²) < 4.78 is 24.2. The molecule has 1 N–H and O–H groups in total. The first-order valence-electron chi connectivity index (χ1n) is 5.36. The fraction of sp³-hybridized carbons (Fsp3) is 0.700. The third-order valence-corrected chi connectivity index (χ3v) is 4.85. The average molecular weight is 244 g/mol.